The van der Waals surface area contributed by atoms with Gasteiger partial charge in [-0.25, -0.2) is 14.4 Å². The molecule has 0 radical (unpaired) electrons. The number of amides is 1. The number of halogens is 2. The monoisotopic (exact) mass is 383 g/mol. The van der Waals surface area contributed by atoms with E-state index in [1.54, 1.807) is 30.3 Å². The highest BCUT2D eigenvalue weighted by atomic mass is 35.5. The lowest BCUT2D eigenvalue weighted by molar-refractivity contribution is -0.111. The summed E-state index contributed by atoms with van der Waals surface area (Å²) in [7, 11) is 0. The highest BCUT2D eigenvalue weighted by Crippen LogP contribution is 2.24. The minimum atomic E-state index is -0.490. The van der Waals surface area contributed by atoms with Gasteiger partial charge in [0.15, 0.2) is 0 Å². The summed E-state index contributed by atoms with van der Waals surface area (Å²) in [5.41, 5.74) is 1.95. The van der Waals surface area contributed by atoms with E-state index in [9.17, 15) is 9.18 Å². The van der Waals surface area contributed by atoms with Crippen molar-refractivity contribution in [2.75, 3.05) is 16.0 Å². The second-order valence-corrected chi connectivity index (χ2v) is 5.85. The molecular formula is C19H15ClFN5O. The molecule has 0 fully saturated rings. The van der Waals surface area contributed by atoms with Crippen LogP contribution in [0.5, 0.6) is 0 Å². The molecule has 27 heavy (non-hydrogen) atoms. The maximum absolute atomic E-state index is 13.3. The van der Waals surface area contributed by atoms with E-state index in [4.69, 9.17) is 11.6 Å². The fourth-order valence-electron chi connectivity index (χ4n) is 2.23. The Morgan fingerprint density at radius 1 is 1.00 bits per heavy atom. The van der Waals surface area contributed by atoms with Crippen molar-refractivity contribution in [1.82, 2.24) is 9.97 Å². The minimum absolute atomic E-state index is 0.0193. The molecule has 1 aromatic heterocycles. The Balaban J connectivity index is 1.74. The summed E-state index contributed by atoms with van der Waals surface area (Å²) in [5.74, 6) is 0.258. The van der Waals surface area contributed by atoms with Crippen molar-refractivity contribution in [3.05, 3.63) is 78.4 Å². The largest absolute Gasteiger partial charge is 0.340 e. The van der Waals surface area contributed by atoms with E-state index in [1.807, 2.05) is 6.07 Å². The van der Waals surface area contributed by atoms with E-state index in [-0.39, 0.29) is 10.9 Å². The zero-order chi connectivity index (χ0) is 19.2. The smallest absolute Gasteiger partial charge is 0.247 e. The zero-order valence-electron chi connectivity index (χ0n) is 14.0. The average molecular weight is 384 g/mol. The highest BCUT2D eigenvalue weighted by Gasteiger charge is 2.05. The van der Waals surface area contributed by atoms with Gasteiger partial charge in [-0.05, 0) is 42.5 Å². The van der Waals surface area contributed by atoms with Gasteiger partial charge in [-0.15, -0.1) is 0 Å². The number of nitrogens with zero attached hydrogens (tertiary/aromatic N) is 2. The number of hydrogen-bond acceptors (Lipinski definition) is 5. The Kier molecular flexibility index (Phi) is 5.63. The van der Waals surface area contributed by atoms with Gasteiger partial charge < -0.3 is 16.0 Å². The summed E-state index contributed by atoms with van der Waals surface area (Å²) in [5, 5.41) is 8.87. The molecule has 1 heterocycles. The number of carbonyl (C=O) groups is 1. The van der Waals surface area contributed by atoms with Gasteiger partial charge in [0, 0.05) is 23.1 Å². The Morgan fingerprint density at radius 3 is 2.33 bits per heavy atom. The van der Waals surface area contributed by atoms with Gasteiger partial charge in [0.1, 0.15) is 23.8 Å². The van der Waals surface area contributed by atoms with Crippen LogP contribution in [-0.4, -0.2) is 15.9 Å². The molecule has 6 nitrogen and oxygen atoms in total. The van der Waals surface area contributed by atoms with Crippen LogP contribution in [0.25, 0.3) is 0 Å². The first-order valence-electron chi connectivity index (χ1n) is 7.88. The predicted octanol–water partition coefficient (Wildman–Crippen LogP) is 4.88. The normalized spacial score (nSPS) is 10.1. The second-order valence-electron chi connectivity index (χ2n) is 5.44. The summed E-state index contributed by atoms with van der Waals surface area (Å²) >= 11 is 5.78. The third kappa shape index (κ3) is 5.02. The van der Waals surface area contributed by atoms with Crippen LogP contribution in [0.4, 0.5) is 33.1 Å². The lowest BCUT2D eigenvalue weighted by Crippen LogP contribution is -2.07. The summed E-state index contributed by atoms with van der Waals surface area (Å²) < 4.78 is 13.3. The Labute approximate surface area is 160 Å². The number of rotatable bonds is 6. The Hall–Kier alpha value is -3.45. The van der Waals surface area contributed by atoms with Crippen molar-refractivity contribution in [3.8, 4) is 0 Å². The first kappa shape index (κ1) is 18.3. The maximum atomic E-state index is 13.3. The lowest BCUT2D eigenvalue weighted by atomic mass is 10.2. The quantitative estimate of drug-likeness (QED) is 0.529. The summed E-state index contributed by atoms with van der Waals surface area (Å²) in [6, 6.07) is 13.1. The van der Waals surface area contributed by atoms with Crippen molar-refractivity contribution in [1.29, 1.82) is 0 Å². The number of anilines is 5. The van der Waals surface area contributed by atoms with Gasteiger partial charge >= 0.3 is 0 Å². The molecule has 8 heteroatoms. The summed E-state index contributed by atoms with van der Waals surface area (Å²) in [6.45, 7) is 3.42. The van der Waals surface area contributed by atoms with Crippen molar-refractivity contribution >= 4 is 46.2 Å². The van der Waals surface area contributed by atoms with E-state index in [1.165, 1.54) is 24.5 Å². The number of nitrogens with one attached hydrogen (secondary N) is 3. The molecule has 1 amide bonds. The first-order chi connectivity index (χ1) is 13.0. The van der Waals surface area contributed by atoms with E-state index < -0.39 is 5.82 Å². The predicted molar refractivity (Wildman–Crippen MR) is 105 cm³/mol. The van der Waals surface area contributed by atoms with Crippen molar-refractivity contribution in [2.24, 2.45) is 0 Å². The molecule has 136 valence electrons. The van der Waals surface area contributed by atoms with Crippen LogP contribution in [0, 0.1) is 5.82 Å². The van der Waals surface area contributed by atoms with Gasteiger partial charge in [0.2, 0.25) is 5.91 Å². The second kappa shape index (κ2) is 8.29. The van der Waals surface area contributed by atoms with Crippen LogP contribution in [0.1, 0.15) is 0 Å². The number of benzene rings is 2. The molecule has 3 rings (SSSR count). The van der Waals surface area contributed by atoms with Crippen LogP contribution >= 0.6 is 11.6 Å². The zero-order valence-corrected chi connectivity index (χ0v) is 14.8. The van der Waals surface area contributed by atoms with Gasteiger partial charge in [-0.3, -0.25) is 4.79 Å². The van der Waals surface area contributed by atoms with Crippen LogP contribution in [0.15, 0.2) is 67.5 Å². The number of carbonyl (C=O) groups excluding carboxylic acids is 1. The molecule has 0 aliphatic carbocycles. The van der Waals surface area contributed by atoms with E-state index in [0.29, 0.717) is 23.0 Å². The molecule has 0 saturated carbocycles. The van der Waals surface area contributed by atoms with Crippen LogP contribution in [0.3, 0.4) is 0 Å². The third-order valence-corrected chi connectivity index (χ3v) is 3.74. The molecule has 0 aliphatic rings. The van der Waals surface area contributed by atoms with Crippen molar-refractivity contribution < 1.29 is 9.18 Å². The fourth-order valence-corrected chi connectivity index (χ4v) is 2.41. The number of hydrogen-bond donors (Lipinski definition) is 3. The maximum Gasteiger partial charge on any atom is 0.247 e. The van der Waals surface area contributed by atoms with Gasteiger partial charge in [-0.1, -0.05) is 24.2 Å². The first-order valence-corrected chi connectivity index (χ1v) is 8.26. The van der Waals surface area contributed by atoms with Crippen molar-refractivity contribution in [3.63, 3.8) is 0 Å². The van der Waals surface area contributed by atoms with E-state index >= 15 is 0 Å². The molecule has 3 aromatic rings. The average Bonchev–Trinajstić information content (AvgIpc) is 2.65. The lowest BCUT2D eigenvalue weighted by Gasteiger charge is -2.10. The number of aromatic nitrogens is 2. The molecule has 2 aromatic carbocycles. The van der Waals surface area contributed by atoms with E-state index in [0.717, 1.165) is 5.69 Å². The molecule has 0 unspecified atom stereocenters. The Morgan fingerprint density at radius 2 is 1.67 bits per heavy atom. The van der Waals surface area contributed by atoms with Gasteiger partial charge in [-0.2, -0.15) is 0 Å². The molecular weight excluding hydrogens is 369 g/mol. The van der Waals surface area contributed by atoms with E-state index in [2.05, 4.69) is 32.5 Å². The fraction of sp³-hybridized carbons (Fsp3) is 0. The molecule has 0 atom stereocenters. The molecule has 0 spiro atoms. The highest BCUT2D eigenvalue weighted by molar-refractivity contribution is 6.31. The standard InChI is InChI=1S/C19H15ClFN5O/c1-2-19(27)26-13-5-3-4-12(8-13)24-17-10-18(23-11-22-17)25-14-6-7-16(21)15(20)9-14/h2-11H,1H2,(H,26,27)(H2,22,23,24,25). The molecule has 0 bridgehead atoms. The third-order valence-electron chi connectivity index (χ3n) is 3.45. The molecule has 0 saturated heterocycles. The summed E-state index contributed by atoms with van der Waals surface area (Å²) in [6.07, 6.45) is 2.59. The minimum Gasteiger partial charge on any atom is -0.340 e. The summed E-state index contributed by atoms with van der Waals surface area (Å²) in [4.78, 5) is 19.7. The van der Waals surface area contributed by atoms with Gasteiger partial charge in [0.05, 0.1) is 5.02 Å². The SMILES string of the molecule is C=CC(=O)Nc1cccc(Nc2cc(Nc3ccc(F)c(Cl)c3)ncn2)c1. The van der Waals surface area contributed by atoms with Crippen LogP contribution < -0.4 is 16.0 Å². The van der Waals surface area contributed by atoms with Crippen LogP contribution in [-0.2, 0) is 4.79 Å². The molecule has 0 aliphatic heterocycles. The van der Waals surface area contributed by atoms with Crippen LogP contribution in [0.2, 0.25) is 5.02 Å². The Bertz CT molecular complexity index is 995. The topological polar surface area (TPSA) is 78.9 Å². The van der Waals surface area contributed by atoms with Crippen molar-refractivity contribution in [2.45, 2.75) is 0 Å². The van der Waals surface area contributed by atoms with Gasteiger partial charge in [0.25, 0.3) is 0 Å². The molecule has 3 N–H and O–H groups in total.